The van der Waals surface area contributed by atoms with E-state index in [9.17, 15) is 0 Å². The Morgan fingerprint density at radius 2 is 2.25 bits per heavy atom. The minimum atomic E-state index is 0.540. The zero-order valence-electron chi connectivity index (χ0n) is 8.97. The van der Waals surface area contributed by atoms with Gasteiger partial charge in [-0.15, -0.1) is 11.3 Å². The third kappa shape index (κ3) is 2.27. The van der Waals surface area contributed by atoms with Crippen LogP contribution in [0.2, 0.25) is 0 Å². The van der Waals surface area contributed by atoms with E-state index < -0.39 is 0 Å². The van der Waals surface area contributed by atoms with Crippen LogP contribution in [-0.4, -0.2) is 15.0 Å². The second kappa shape index (κ2) is 4.89. The van der Waals surface area contributed by atoms with Gasteiger partial charge < -0.3 is 11.1 Å². The maximum atomic E-state index is 5.78. The Labute approximate surface area is 97.8 Å². The van der Waals surface area contributed by atoms with Crippen molar-refractivity contribution in [1.82, 2.24) is 15.0 Å². The van der Waals surface area contributed by atoms with Crippen molar-refractivity contribution in [3.8, 4) is 0 Å². The van der Waals surface area contributed by atoms with Crippen molar-refractivity contribution in [3.05, 3.63) is 28.5 Å². The molecule has 2 heterocycles. The molecule has 2 aromatic rings. The van der Waals surface area contributed by atoms with Gasteiger partial charge in [0.25, 0.3) is 0 Å². The van der Waals surface area contributed by atoms with E-state index in [-0.39, 0.29) is 0 Å². The van der Waals surface area contributed by atoms with E-state index >= 15 is 0 Å². The highest BCUT2D eigenvalue weighted by atomic mass is 32.1. The molecule has 2 aromatic heterocycles. The van der Waals surface area contributed by atoms with Crippen LogP contribution in [0.25, 0.3) is 0 Å². The zero-order valence-corrected chi connectivity index (χ0v) is 9.79. The minimum Gasteiger partial charge on any atom is -0.383 e. The lowest BCUT2D eigenvalue weighted by atomic mass is 10.2. The summed E-state index contributed by atoms with van der Waals surface area (Å²) in [5, 5.41) is 5.22. The van der Waals surface area contributed by atoms with Gasteiger partial charge in [-0.3, -0.25) is 0 Å². The molecule has 0 atom stereocenters. The Morgan fingerprint density at radius 3 is 2.94 bits per heavy atom. The Bertz CT molecular complexity index is 454. The summed E-state index contributed by atoms with van der Waals surface area (Å²) < 4.78 is 0. The predicted molar refractivity (Wildman–Crippen MR) is 65.3 cm³/mol. The normalized spacial score (nSPS) is 10.3. The Morgan fingerprint density at radius 1 is 1.38 bits per heavy atom. The number of thiazole rings is 1. The minimum absolute atomic E-state index is 0.540. The topological polar surface area (TPSA) is 76.7 Å². The lowest BCUT2D eigenvalue weighted by molar-refractivity contribution is 1.000. The van der Waals surface area contributed by atoms with Crippen LogP contribution < -0.4 is 11.1 Å². The van der Waals surface area contributed by atoms with Gasteiger partial charge in [-0.05, 0) is 6.42 Å². The maximum absolute atomic E-state index is 5.78. The Balaban J connectivity index is 2.12. The van der Waals surface area contributed by atoms with Crippen molar-refractivity contribution >= 4 is 23.0 Å². The summed E-state index contributed by atoms with van der Waals surface area (Å²) in [5.74, 6) is 1.33. The first kappa shape index (κ1) is 10.8. The van der Waals surface area contributed by atoms with Crippen molar-refractivity contribution in [2.75, 3.05) is 11.1 Å². The summed E-state index contributed by atoms with van der Waals surface area (Å²) in [6.45, 7) is 2.69. The standard InChI is InChI=1S/C10H13N5S/c1-2-8-9(11)13-5-14-10(8)12-3-7-4-16-6-15-7/h4-6H,2-3H2,1H3,(H3,11,12,13,14). The molecule has 0 aliphatic rings. The van der Waals surface area contributed by atoms with Gasteiger partial charge in [0, 0.05) is 10.9 Å². The fourth-order valence-electron chi connectivity index (χ4n) is 1.43. The predicted octanol–water partition coefficient (Wildman–Crippen LogP) is 1.69. The molecule has 0 fully saturated rings. The zero-order chi connectivity index (χ0) is 11.4. The van der Waals surface area contributed by atoms with Gasteiger partial charge in [0.1, 0.15) is 18.0 Å². The molecule has 0 unspecified atom stereocenters. The number of nitrogen functional groups attached to an aromatic ring is 1. The molecular weight excluding hydrogens is 222 g/mol. The van der Waals surface area contributed by atoms with Gasteiger partial charge in [-0.2, -0.15) is 0 Å². The van der Waals surface area contributed by atoms with E-state index in [1.165, 1.54) is 6.33 Å². The van der Waals surface area contributed by atoms with E-state index in [4.69, 9.17) is 5.73 Å². The Hall–Kier alpha value is -1.69. The fraction of sp³-hybridized carbons (Fsp3) is 0.300. The van der Waals surface area contributed by atoms with Crippen molar-refractivity contribution in [2.45, 2.75) is 19.9 Å². The highest BCUT2D eigenvalue weighted by molar-refractivity contribution is 7.07. The molecular formula is C10H13N5S. The Kier molecular flexibility index (Phi) is 3.31. The van der Waals surface area contributed by atoms with Gasteiger partial charge >= 0.3 is 0 Å². The molecule has 0 saturated carbocycles. The van der Waals surface area contributed by atoms with Crippen molar-refractivity contribution in [1.29, 1.82) is 0 Å². The van der Waals surface area contributed by atoms with Gasteiger partial charge in [0.2, 0.25) is 0 Å². The molecule has 84 valence electrons. The van der Waals surface area contributed by atoms with Crippen LogP contribution in [0.5, 0.6) is 0 Å². The third-order valence-corrected chi connectivity index (χ3v) is 2.89. The molecule has 2 rings (SSSR count). The molecule has 0 aliphatic heterocycles. The third-order valence-electron chi connectivity index (χ3n) is 2.25. The van der Waals surface area contributed by atoms with Crippen LogP contribution in [0.4, 0.5) is 11.6 Å². The van der Waals surface area contributed by atoms with Gasteiger partial charge in [0.05, 0.1) is 17.7 Å². The second-order valence-corrected chi connectivity index (χ2v) is 3.99. The summed E-state index contributed by atoms with van der Waals surface area (Å²) >= 11 is 1.58. The molecule has 0 saturated heterocycles. The van der Waals surface area contributed by atoms with Crippen molar-refractivity contribution < 1.29 is 0 Å². The van der Waals surface area contributed by atoms with Gasteiger partial charge in [0.15, 0.2) is 0 Å². The highest BCUT2D eigenvalue weighted by Gasteiger charge is 2.06. The average molecular weight is 235 g/mol. The number of nitrogens with one attached hydrogen (secondary N) is 1. The molecule has 0 radical (unpaired) electrons. The van der Waals surface area contributed by atoms with Crippen LogP contribution >= 0.6 is 11.3 Å². The second-order valence-electron chi connectivity index (χ2n) is 3.27. The molecule has 0 bridgehead atoms. The highest BCUT2D eigenvalue weighted by Crippen LogP contribution is 2.18. The van der Waals surface area contributed by atoms with Crippen LogP contribution in [-0.2, 0) is 13.0 Å². The molecule has 5 nitrogen and oxygen atoms in total. The molecule has 16 heavy (non-hydrogen) atoms. The lowest BCUT2D eigenvalue weighted by Crippen LogP contribution is -2.07. The summed E-state index contributed by atoms with van der Waals surface area (Å²) in [4.78, 5) is 12.3. The number of nitrogens with zero attached hydrogens (tertiary/aromatic N) is 3. The summed E-state index contributed by atoms with van der Waals surface area (Å²) in [5.41, 5.74) is 9.55. The number of rotatable bonds is 4. The van der Waals surface area contributed by atoms with E-state index in [1.807, 2.05) is 17.8 Å². The first-order chi connectivity index (χ1) is 7.81. The van der Waals surface area contributed by atoms with E-state index in [0.717, 1.165) is 23.5 Å². The summed E-state index contributed by atoms with van der Waals surface area (Å²) in [6.07, 6.45) is 2.28. The van der Waals surface area contributed by atoms with E-state index in [0.29, 0.717) is 12.4 Å². The van der Waals surface area contributed by atoms with Crippen LogP contribution in [0, 0.1) is 0 Å². The average Bonchev–Trinajstić information content (AvgIpc) is 2.79. The number of hydrogen-bond acceptors (Lipinski definition) is 6. The number of hydrogen-bond donors (Lipinski definition) is 2. The van der Waals surface area contributed by atoms with Gasteiger partial charge in [-0.25, -0.2) is 15.0 Å². The summed E-state index contributed by atoms with van der Waals surface area (Å²) in [7, 11) is 0. The molecule has 3 N–H and O–H groups in total. The molecule has 6 heteroatoms. The van der Waals surface area contributed by atoms with Crippen molar-refractivity contribution in [2.24, 2.45) is 0 Å². The van der Waals surface area contributed by atoms with E-state index in [1.54, 1.807) is 11.3 Å². The largest absolute Gasteiger partial charge is 0.383 e. The summed E-state index contributed by atoms with van der Waals surface area (Å²) in [6, 6.07) is 0. The fourth-order valence-corrected chi connectivity index (χ4v) is 1.98. The molecule has 0 spiro atoms. The molecule has 0 aromatic carbocycles. The van der Waals surface area contributed by atoms with Crippen LogP contribution in [0.1, 0.15) is 18.2 Å². The number of aromatic nitrogens is 3. The quantitative estimate of drug-likeness (QED) is 0.843. The number of nitrogens with two attached hydrogens (primary N) is 1. The van der Waals surface area contributed by atoms with Crippen molar-refractivity contribution in [3.63, 3.8) is 0 Å². The van der Waals surface area contributed by atoms with E-state index in [2.05, 4.69) is 20.3 Å². The van der Waals surface area contributed by atoms with Crippen LogP contribution in [0.15, 0.2) is 17.2 Å². The number of anilines is 2. The van der Waals surface area contributed by atoms with Crippen LogP contribution in [0.3, 0.4) is 0 Å². The van der Waals surface area contributed by atoms with Gasteiger partial charge in [-0.1, -0.05) is 6.92 Å². The lowest BCUT2D eigenvalue weighted by Gasteiger charge is -2.09. The maximum Gasteiger partial charge on any atom is 0.135 e. The smallest absolute Gasteiger partial charge is 0.135 e. The molecule has 0 aliphatic carbocycles. The molecule has 0 amide bonds. The first-order valence-electron chi connectivity index (χ1n) is 5.01. The SMILES string of the molecule is CCc1c(N)ncnc1NCc1cscn1. The first-order valence-corrected chi connectivity index (χ1v) is 5.95. The monoisotopic (exact) mass is 235 g/mol.